The molecule has 1 fully saturated rings. The first-order valence-corrected chi connectivity index (χ1v) is 10.1. The lowest BCUT2D eigenvalue weighted by Crippen LogP contribution is -2.32. The molecule has 4 nitrogen and oxygen atoms in total. The van der Waals surface area contributed by atoms with Crippen LogP contribution in [0.5, 0.6) is 0 Å². The van der Waals surface area contributed by atoms with Crippen LogP contribution in [0.1, 0.15) is 78.3 Å². The van der Waals surface area contributed by atoms with Gasteiger partial charge in [-0.1, -0.05) is 57.9 Å². The van der Waals surface area contributed by atoms with E-state index in [0.717, 1.165) is 18.4 Å². The molecule has 0 saturated heterocycles. The predicted molar refractivity (Wildman–Crippen MR) is 112 cm³/mol. The monoisotopic (exact) mass is 378 g/mol. The molecule has 1 aliphatic carbocycles. The van der Waals surface area contributed by atoms with Gasteiger partial charge in [-0.2, -0.15) is 0 Å². The van der Waals surface area contributed by atoms with Gasteiger partial charge < -0.3 is 10.6 Å². The van der Waals surface area contributed by atoms with Crippen LogP contribution in [0, 0.1) is 0 Å². The highest BCUT2D eigenvalue weighted by atomic mass is 16.2. The van der Waals surface area contributed by atoms with Crippen LogP contribution in [0.15, 0.2) is 48.5 Å². The van der Waals surface area contributed by atoms with Crippen LogP contribution >= 0.6 is 0 Å². The molecule has 0 radical (unpaired) electrons. The van der Waals surface area contributed by atoms with Gasteiger partial charge >= 0.3 is 0 Å². The van der Waals surface area contributed by atoms with E-state index in [0.29, 0.717) is 23.7 Å². The van der Waals surface area contributed by atoms with E-state index in [1.807, 2.05) is 48.5 Å². The van der Waals surface area contributed by atoms with Crippen LogP contribution in [0.25, 0.3) is 0 Å². The van der Waals surface area contributed by atoms with Crippen LogP contribution in [0.2, 0.25) is 0 Å². The normalized spacial score (nSPS) is 14.7. The molecule has 1 aliphatic rings. The highest BCUT2D eigenvalue weighted by Crippen LogP contribution is 2.22. The van der Waals surface area contributed by atoms with E-state index in [2.05, 4.69) is 31.4 Å². The second-order valence-electron chi connectivity index (χ2n) is 8.66. The van der Waals surface area contributed by atoms with Crippen LogP contribution < -0.4 is 10.6 Å². The fourth-order valence-electron chi connectivity index (χ4n) is 3.52. The summed E-state index contributed by atoms with van der Waals surface area (Å²) in [5, 5.41) is 6.03. The molecule has 148 valence electrons. The molecule has 4 heteroatoms. The number of carbonyl (C=O) groups excluding carboxylic acids is 2. The quantitative estimate of drug-likeness (QED) is 0.800. The number of hydrogen-bond donors (Lipinski definition) is 2. The van der Waals surface area contributed by atoms with Gasteiger partial charge in [0.2, 0.25) is 0 Å². The Bertz CT molecular complexity index is 811. The lowest BCUT2D eigenvalue weighted by molar-refractivity contribution is 0.0933. The summed E-state index contributed by atoms with van der Waals surface area (Å²) in [6, 6.07) is 15.5. The molecular formula is C24H30N2O2. The largest absolute Gasteiger partial charge is 0.349 e. The number of rotatable bonds is 5. The Morgan fingerprint density at radius 1 is 0.857 bits per heavy atom. The van der Waals surface area contributed by atoms with E-state index in [1.165, 1.54) is 18.4 Å². The molecular weight excluding hydrogens is 348 g/mol. The van der Waals surface area contributed by atoms with E-state index in [9.17, 15) is 9.59 Å². The molecule has 3 rings (SSSR count). The maximum absolute atomic E-state index is 12.4. The van der Waals surface area contributed by atoms with Crippen molar-refractivity contribution < 1.29 is 9.59 Å². The van der Waals surface area contributed by atoms with Crippen molar-refractivity contribution >= 4 is 11.8 Å². The third-order valence-electron chi connectivity index (χ3n) is 5.37. The van der Waals surface area contributed by atoms with Gasteiger partial charge in [0.05, 0.1) is 0 Å². The number of hydrogen-bond acceptors (Lipinski definition) is 2. The molecule has 2 N–H and O–H groups in total. The fourth-order valence-corrected chi connectivity index (χ4v) is 3.52. The molecule has 0 spiro atoms. The average molecular weight is 379 g/mol. The standard InChI is InChI=1S/C24H30N2O2/c1-24(2,3)20-14-12-18(13-15-20)22(27)25-16-17-8-10-19(11-9-17)23(28)26-21-6-4-5-7-21/h8-15,21H,4-7,16H2,1-3H3,(H,25,27)(H,26,28). The summed E-state index contributed by atoms with van der Waals surface area (Å²) >= 11 is 0. The van der Waals surface area contributed by atoms with Gasteiger partial charge in [0.25, 0.3) is 11.8 Å². The van der Waals surface area contributed by atoms with Crippen molar-refractivity contribution in [2.75, 3.05) is 0 Å². The minimum atomic E-state index is -0.0940. The summed E-state index contributed by atoms with van der Waals surface area (Å²) in [6.45, 7) is 6.89. The van der Waals surface area contributed by atoms with Crippen LogP contribution in [0.3, 0.4) is 0 Å². The smallest absolute Gasteiger partial charge is 0.251 e. The highest BCUT2D eigenvalue weighted by Gasteiger charge is 2.18. The van der Waals surface area contributed by atoms with Crippen molar-refractivity contribution in [2.24, 2.45) is 0 Å². The number of carbonyl (C=O) groups is 2. The Balaban J connectivity index is 1.52. The van der Waals surface area contributed by atoms with E-state index in [-0.39, 0.29) is 17.2 Å². The van der Waals surface area contributed by atoms with Crippen molar-refractivity contribution in [3.05, 3.63) is 70.8 Å². The molecule has 2 amide bonds. The van der Waals surface area contributed by atoms with Gasteiger partial charge in [-0.15, -0.1) is 0 Å². The van der Waals surface area contributed by atoms with Crippen molar-refractivity contribution in [3.63, 3.8) is 0 Å². The van der Waals surface area contributed by atoms with Gasteiger partial charge in [0.1, 0.15) is 0 Å². The summed E-state index contributed by atoms with van der Waals surface area (Å²) in [6.07, 6.45) is 4.55. The first-order valence-electron chi connectivity index (χ1n) is 10.1. The van der Waals surface area contributed by atoms with Gasteiger partial charge in [0.15, 0.2) is 0 Å². The Kier molecular flexibility index (Phi) is 6.18. The Labute approximate surface area is 167 Å². The number of amides is 2. The molecule has 0 aromatic heterocycles. The minimum Gasteiger partial charge on any atom is -0.349 e. The first-order chi connectivity index (χ1) is 13.3. The van der Waals surface area contributed by atoms with Crippen LogP contribution in [-0.2, 0) is 12.0 Å². The molecule has 1 saturated carbocycles. The Hall–Kier alpha value is -2.62. The second kappa shape index (κ2) is 8.59. The van der Waals surface area contributed by atoms with Crippen LogP contribution in [-0.4, -0.2) is 17.9 Å². The number of nitrogens with one attached hydrogen (secondary N) is 2. The SMILES string of the molecule is CC(C)(C)c1ccc(C(=O)NCc2ccc(C(=O)NC3CCCC3)cc2)cc1. The van der Waals surface area contributed by atoms with Crippen molar-refractivity contribution in [1.82, 2.24) is 10.6 Å². The second-order valence-corrected chi connectivity index (χ2v) is 8.66. The van der Waals surface area contributed by atoms with Gasteiger partial charge in [0, 0.05) is 23.7 Å². The summed E-state index contributed by atoms with van der Waals surface area (Å²) in [7, 11) is 0. The lowest BCUT2D eigenvalue weighted by Gasteiger charge is -2.19. The topological polar surface area (TPSA) is 58.2 Å². The zero-order valence-electron chi connectivity index (χ0n) is 17.0. The molecule has 2 aromatic rings. The molecule has 28 heavy (non-hydrogen) atoms. The highest BCUT2D eigenvalue weighted by molar-refractivity contribution is 5.95. The molecule has 0 atom stereocenters. The first kappa shape index (κ1) is 20.1. The zero-order chi connectivity index (χ0) is 20.1. The maximum atomic E-state index is 12.4. The van der Waals surface area contributed by atoms with E-state index >= 15 is 0 Å². The lowest BCUT2D eigenvalue weighted by atomic mass is 9.87. The Morgan fingerprint density at radius 2 is 1.39 bits per heavy atom. The molecule has 0 bridgehead atoms. The van der Waals surface area contributed by atoms with Crippen molar-refractivity contribution in [1.29, 1.82) is 0 Å². The van der Waals surface area contributed by atoms with Gasteiger partial charge in [-0.05, 0) is 53.6 Å². The summed E-state index contributed by atoms with van der Waals surface area (Å²) in [5.41, 5.74) is 3.56. The summed E-state index contributed by atoms with van der Waals surface area (Å²) < 4.78 is 0. The molecule has 2 aromatic carbocycles. The van der Waals surface area contributed by atoms with E-state index < -0.39 is 0 Å². The van der Waals surface area contributed by atoms with Crippen molar-refractivity contribution in [2.45, 2.75) is 64.5 Å². The minimum absolute atomic E-state index is 0.0126. The summed E-state index contributed by atoms with van der Waals surface area (Å²) in [4.78, 5) is 24.7. The predicted octanol–water partition coefficient (Wildman–Crippen LogP) is 4.59. The number of benzene rings is 2. The average Bonchev–Trinajstić information content (AvgIpc) is 3.19. The van der Waals surface area contributed by atoms with Crippen molar-refractivity contribution in [3.8, 4) is 0 Å². The zero-order valence-corrected chi connectivity index (χ0v) is 17.0. The van der Waals surface area contributed by atoms with Crippen LogP contribution in [0.4, 0.5) is 0 Å². The van der Waals surface area contributed by atoms with E-state index in [1.54, 1.807) is 0 Å². The fraction of sp³-hybridized carbons (Fsp3) is 0.417. The maximum Gasteiger partial charge on any atom is 0.251 e. The van der Waals surface area contributed by atoms with Gasteiger partial charge in [-0.25, -0.2) is 0 Å². The third kappa shape index (κ3) is 5.22. The van der Waals surface area contributed by atoms with Gasteiger partial charge in [-0.3, -0.25) is 9.59 Å². The molecule has 0 unspecified atom stereocenters. The molecule has 0 heterocycles. The Morgan fingerprint density at radius 3 is 1.96 bits per heavy atom. The van der Waals surface area contributed by atoms with E-state index in [4.69, 9.17) is 0 Å². The summed E-state index contributed by atoms with van der Waals surface area (Å²) in [5.74, 6) is -0.107. The molecule has 0 aliphatic heterocycles. The third-order valence-corrected chi connectivity index (χ3v) is 5.37.